The van der Waals surface area contributed by atoms with Crippen LogP contribution in [0.25, 0.3) is 0 Å². The van der Waals surface area contributed by atoms with Gasteiger partial charge in [0.2, 0.25) is 10.1 Å². The standard InChI is InChI=1S/C14H25N5OS/c1-4-9-15-13-18-17-12(21-13)11(20)16-10-14(19(2)3)7-5-6-8-14/h4-10H2,1-3H3,(H,15,18)(H,16,20). The highest BCUT2D eigenvalue weighted by atomic mass is 32.1. The van der Waals surface area contributed by atoms with Crippen LogP contribution in [-0.2, 0) is 0 Å². The van der Waals surface area contributed by atoms with Crippen LogP contribution in [0.1, 0.15) is 48.8 Å². The molecule has 0 aromatic carbocycles. The van der Waals surface area contributed by atoms with Gasteiger partial charge < -0.3 is 15.5 Å². The highest BCUT2D eigenvalue weighted by Crippen LogP contribution is 2.33. The number of nitrogens with zero attached hydrogens (tertiary/aromatic N) is 3. The topological polar surface area (TPSA) is 70.1 Å². The van der Waals surface area contributed by atoms with E-state index in [0.717, 1.165) is 25.8 Å². The minimum absolute atomic E-state index is 0.101. The van der Waals surface area contributed by atoms with E-state index in [-0.39, 0.29) is 11.4 Å². The Hall–Kier alpha value is -1.21. The molecule has 21 heavy (non-hydrogen) atoms. The SMILES string of the molecule is CCCNc1nnc(C(=O)NCC2(N(C)C)CCCC2)s1. The molecule has 0 unspecified atom stereocenters. The first kappa shape index (κ1) is 16.2. The van der Waals surface area contributed by atoms with Crippen LogP contribution in [-0.4, -0.2) is 53.7 Å². The van der Waals surface area contributed by atoms with E-state index in [1.807, 2.05) is 0 Å². The number of carbonyl (C=O) groups excluding carboxylic acids is 1. The summed E-state index contributed by atoms with van der Waals surface area (Å²) in [5, 5.41) is 15.3. The predicted molar refractivity (Wildman–Crippen MR) is 85.9 cm³/mol. The number of nitrogens with one attached hydrogen (secondary N) is 2. The molecule has 1 amide bonds. The minimum Gasteiger partial charge on any atom is -0.360 e. The molecule has 0 spiro atoms. The molecule has 1 aliphatic rings. The van der Waals surface area contributed by atoms with Crippen molar-refractivity contribution in [3.8, 4) is 0 Å². The number of likely N-dealkylation sites (N-methyl/N-ethyl adjacent to an activating group) is 1. The molecule has 2 N–H and O–H groups in total. The van der Waals surface area contributed by atoms with Gasteiger partial charge in [-0.05, 0) is 33.4 Å². The highest BCUT2D eigenvalue weighted by molar-refractivity contribution is 7.17. The van der Waals surface area contributed by atoms with E-state index >= 15 is 0 Å². The van der Waals surface area contributed by atoms with Gasteiger partial charge in [0.15, 0.2) is 0 Å². The Morgan fingerprint density at radius 3 is 2.67 bits per heavy atom. The summed E-state index contributed by atoms with van der Waals surface area (Å²) in [5.41, 5.74) is 0.101. The lowest BCUT2D eigenvalue weighted by molar-refractivity contribution is 0.0899. The van der Waals surface area contributed by atoms with Crippen molar-refractivity contribution in [3.05, 3.63) is 5.01 Å². The molecule has 1 fully saturated rings. The van der Waals surface area contributed by atoms with E-state index in [1.165, 1.54) is 24.2 Å². The largest absolute Gasteiger partial charge is 0.360 e. The van der Waals surface area contributed by atoms with Gasteiger partial charge in [-0.3, -0.25) is 4.79 Å². The molecule has 1 aromatic rings. The van der Waals surface area contributed by atoms with Crippen LogP contribution in [0.15, 0.2) is 0 Å². The summed E-state index contributed by atoms with van der Waals surface area (Å²) in [6.45, 7) is 3.61. The lowest BCUT2D eigenvalue weighted by Gasteiger charge is -2.36. The molecular formula is C14H25N5OS. The molecule has 0 bridgehead atoms. The summed E-state index contributed by atoms with van der Waals surface area (Å²) >= 11 is 1.31. The third-order valence-corrected chi connectivity index (χ3v) is 5.09. The molecule has 0 radical (unpaired) electrons. The first-order valence-electron chi connectivity index (χ1n) is 7.60. The predicted octanol–water partition coefficient (Wildman–Crippen LogP) is 1.96. The monoisotopic (exact) mass is 311 g/mol. The second-order valence-corrected chi connectivity index (χ2v) is 6.83. The number of anilines is 1. The van der Waals surface area contributed by atoms with Gasteiger partial charge in [-0.1, -0.05) is 31.1 Å². The fraction of sp³-hybridized carbons (Fsp3) is 0.786. The maximum atomic E-state index is 12.2. The lowest BCUT2D eigenvalue weighted by atomic mass is 9.96. The fourth-order valence-electron chi connectivity index (χ4n) is 2.75. The summed E-state index contributed by atoms with van der Waals surface area (Å²) in [6, 6.07) is 0. The van der Waals surface area contributed by atoms with Gasteiger partial charge in [-0.15, -0.1) is 10.2 Å². The first-order valence-corrected chi connectivity index (χ1v) is 8.42. The number of hydrogen-bond acceptors (Lipinski definition) is 6. The van der Waals surface area contributed by atoms with Crippen molar-refractivity contribution in [1.82, 2.24) is 20.4 Å². The maximum absolute atomic E-state index is 12.2. The van der Waals surface area contributed by atoms with Crippen LogP contribution in [0, 0.1) is 0 Å². The number of rotatable bonds is 7. The Kier molecular flexibility index (Phi) is 5.52. The molecule has 6 nitrogen and oxygen atoms in total. The van der Waals surface area contributed by atoms with Gasteiger partial charge in [0, 0.05) is 18.6 Å². The van der Waals surface area contributed by atoms with E-state index in [4.69, 9.17) is 0 Å². The molecule has 1 aliphatic carbocycles. The summed E-state index contributed by atoms with van der Waals surface area (Å²) in [6.07, 6.45) is 5.77. The average Bonchev–Trinajstić information content (AvgIpc) is 3.12. The summed E-state index contributed by atoms with van der Waals surface area (Å²) in [5.74, 6) is -0.120. The fourth-order valence-corrected chi connectivity index (χ4v) is 3.44. The van der Waals surface area contributed by atoms with Crippen LogP contribution >= 0.6 is 11.3 Å². The number of amides is 1. The maximum Gasteiger partial charge on any atom is 0.282 e. The number of hydrogen-bond donors (Lipinski definition) is 2. The molecule has 1 saturated carbocycles. The third kappa shape index (κ3) is 3.91. The Labute approximate surface area is 130 Å². The van der Waals surface area contributed by atoms with Crippen molar-refractivity contribution in [1.29, 1.82) is 0 Å². The quantitative estimate of drug-likeness (QED) is 0.805. The van der Waals surface area contributed by atoms with Gasteiger partial charge >= 0.3 is 0 Å². The zero-order valence-corrected chi connectivity index (χ0v) is 13.9. The van der Waals surface area contributed by atoms with Crippen molar-refractivity contribution >= 4 is 22.4 Å². The third-order valence-electron chi connectivity index (χ3n) is 4.21. The second kappa shape index (κ2) is 7.17. The van der Waals surface area contributed by atoms with Crippen molar-refractivity contribution in [3.63, 3.8) is 0 Å². The summed E-state index contributed by atoms with van der Waals surface area (Å²) in [4.78, 5) is 14.4. The van der Waals surface area contributed by atoms with Crippen LogP contribution in [0.5, 0.6) is 0 Å². The first-order chi connectivity index (χ1) is 10.1. The molecule has 118 valence electrons. The van der Waals surface area contributed by atoms with Crippen LogP contribution in [0.3, 0.4) is 0 Å². The Morgan fingerprint density at radius 1 is 1.33 bits per heavy atom. The molecular weight excluding hydrogens is 286 g/mol. The molecule has 1 aromatic heterocycles. The number of carbonyl (C=O) groups is 1. The Morgan fingerprint density at radius 2 is 2.05 bits per heavy atom. The van der Waals surface area contributed by atoms with E-state index in [9.17, 15) is 4.79 Å². The molecule has 0 saturated heterocycles. The number of aromatic nitrogens is 2. The van der Waals surface area contributed by atoms with Crippen molar-refractivity contribution < 1.29 is 4.79 Å². The molecule has 7 heteroatoms. The second-order valence-electron chi connectivity index (χ2n) is 5.85. The molecule has 0 atom stereocenters. The van der Waals surface area contributed by atoms with Gasteiger partial charge in [0.25, 0.3) is 5.91 Å². The van der Waals surface area contributed by atoms with E-state index in [0.29, 0.717) is 16.7 Å². The molecule has 2 rings (SSSR count). The van der Waals surface area contributed by atoms with E-state index in [2.05, 4.69) is 46.7 Å². The zero-order chi connectivity index (χ0) is 15.3. The van der Waals surface area contributed by atoms with Crippen LogP contribution < -0.4 is 10.6 Å². The van der Waals surface area contributed by atoms with Crippen LogP contribution in [0.2, 0.25) is 0 Å². The molecule has 1 heterocycles. The van der Waals surface area contributed by atoms with Crippen molar-refractivity contribution in [2.24, 2.45) is 0 Å². The van der Waals surface area contributed by atoms with Gasteiger partial charge in [-0.25, -0.2) is 0 Å². The highest BCUT2D eigenvalue weighted by Gasteiger charge is 2.36. The van der Waals surface area contributed by atoms with E-state index < -0.39 is 0 Å². The van der Waals surface area contributed by atoms with Gasteiger partial charge in [0.1, 0.15) is 0 Å². The summed E-state index contributed by atoms with van der Waals surface area (Å²) < 4.78 is 0. The normalized spacial score (nSPS) is 17.1. The van der Waals surface area contributed by atoms with Gasteiger partial charge in [-0.2, -0.15) is 0 Å². The summed E-state index contributed by atoms with van der Waals surface area (Å²) in [7, 11) is 4.18. The smallest absolute Gasteiger partial charge is 0.282 e. The zero-order valence-electron chi connectivity index (χ0n) is 13.1. The van der Waals surface area contributed by atoms with Gasteiger partial charge in [0.05, 0.1) is 0 Å². The van der Waals surface area contributed by atoms with Crippen molar-refractivity contribution in [2.45, 2.75) is 44.6 Å². The average molecular weight is 311 g/mol. The van der Waals surface area contributed by atoms with Crippen molar-refractivity contribution in [2.75, 3.05) is 32.5 Å². The Balaban J connectivity index is 1.90. The van der Waals surface area contributed by atoms with E-state index in [1.54, 1.807) is 0 Å². The van der Waals surface area contributed by atoms with Crippen LogP contribution in [0.4, 0.5) is 5.13 Å². The minimum atomic E-state index is -0.120. The molecule has 0 aliphatic heterocycles. The lowest BCUT2D eigenvalue weighted by Crippen LogP contribution is -2.50. The Bertz CT molecular complexity index is 468.